The Labute approximate surface area is 188 Å². The van der Waals surface area contributed by atoms with Crippen LogP contribution in [0.2, 0.25) is 0 Å². The number of rotatable bonds is 3. The molecule has 2 aromatic carbocycles. The van der Waals surface area contributed by atoms with Crippen molar-refractivity contribution in [3.05, 3.63) is 84.6 Å². The number of hydrogen-bond donors (Lipinski definition) is 1. The minimum atomic E-state index is -0.355. The van der Waals surface area contributed by atoms with Crippen LogP contribution < -0.4 is 0 Å². The summed E-state index contributed by atoms with van der Waals surface area (Å²) in [5, 5.41) is 8.91. The Kier molecular flexibility index (Phi) is 4.26. The van der Waals surface area contributed by atoms with E-state index in [1.54, 1.807) is 24.8 Å². The van der Waals surface area contributed by atoms with Gasteiger partial charge >= 0.3 is 0 Å². The fraction of sp³-hybridized carbons (Fsp3) is 0.0800. The van der Waals surface area contributed by atoms with E-state index in [0.717, 1.165) is 44.9 Å². The van der Waals surface area contributed by atoms with Crippen molar-refractivity contribution in [2.75, 3.05) is 0 Å². The number of aryl methyl sites for hydroxylation is 2. The van der Waals surface area contributed by atoms with Crippen molar-refractivity contribution in [1.82, 2.24) is 34.7 Å². The van der Waals surface area contributed by atoms with E-state index >= 15 is 0 Å². The van der Waals surface area contributed by atoms with Gasteiger partial charge in [-0.15, -0.1) is 10.2 Å². The average Bonchev–Trinajstić information content (AvgIpc) is 3.46. The molecule has 0 aliphatic carbocycles. The Bertz CT molecular complexity index is 1650. The third-order valence-corrected chi connectivity index (χ3v) is 5.77. The maximum atomic E-state index is 14.5. The van der Waals surface area contributed by atoms with Crippen LogP contribution in [0, 0.1) is 19.7 Å². The second-order valence-electron chi connectivity index (χ2n) is 7.88. The van der Waals surface area contributed by atoms with E-state index in [4.69, 9.17) is 4.98 Å². The van der Waals surface area contributed by atoms with Gasteiger partial charge in [-0.3, -0.25) is 14.5 Å². The van der Waals surface area contributed by atoms with E-state index in [9.17, 15) is 4.39 Å². The van der Waals surface area contributed by atoms with Crippen LogP contribution in [0.15, 0.2) is 67.3 Å². The number of imidazole rings is 1. The van der Waals surface area contributed by atoms with E-state index in [0.29, 0.717) is 16.7 Å². The van der Waals surface area contributed by atoms with Crippen LogP contribution in [0.4, 0.5) is 4.39 Å². The highest BCUT2D eigenvalue weighted by Crippen LogP contribution is 2.35. The Morgan fingerprint density at radius 3 is 2.61 bits per heavy atom. The Balaban J connectivity index is 1.72. The van der Waals surface area contributed by atoms with Gasteiger partial charge in [-0.05, 0) is 61.4 Å². The molecule has 0 spiro atoms. The fourth-order valence-electron chi connectivity index (χ4n) is 4.33. The molecule has 0 saturated heterocycles. The van der Waals surface area contributed by atoms with Gasteiger partial charge in [-0.1, -0.05) is 12.1 Å². The number of para-hydroxylation sites is 1. The lowest BCUT2D eigenvalue weighted by Gasteiger charge is -2.12. The molecule has 8 heteroatoms. The summed E-state index contributed by atoms with van der Waals surface area (Å²) in [6.07, 6.45) is 4.97. The number of aromatic nitrogens is 7. The molecule has 6 rings (SSSR count). The van der Waals surface area contributed by atoms with Crippen LogP contribution in [-0.2, 0) is 0 Å². The van der Waals surface area contributed by atoms with E-state index in [1.165, 1.54) is 6.07 Å². The molecular formula is C25H18FN7. The Morgan fingerprint density at radius 2 is 1.79 bits per heavy atom. The third kappa shape index (κ3) is 3.07. The standard InChI is InChI=1S/C25H18FN7/c1-14-10-16(6-8-27-14)17-11-19(25-29-13-30-32-25)24-22(12-17)33(15(2)31-24)21-7-9-28-23-18(21)4-3-5-20(23)26/h3-13H,1-2H3,(H,29,30,32). The zero-order chi connectivity index (χ0) is 22.5. The number of fused-ring (bicyclic) bond motifs is 2. The lowest BCUT2D eigenvalue weighted by molar-refractivity contribution is 0.636. The van der Waals surface area contributed by atoms with Gasteiger partial charge in [-0.25, -0.2) is 9.37 Å². The molecule has 1 N–H and O–H groups in total. The molecule has 0 aliphatic heterocycles. The normalized spacial score (nSPS) is 11.5. The molecule has 33 heavy (non-hydrogen) atoms. The summed E-state index contributed by atoms with van der Waals surface area (Å²) >= 11 is 0. The third-order valence-electron chi connectivity index (χ3n) is 5.77. The van der Waals surface area contributed by atoms with E-state index in [2.05, 4.69) is 37.3 Å². The number of aromatic amines is 1. The number of nitrogens with zero attached hydrogens (tertiary/aromatic N) is 6. The molecule has 0 aliphatic rings. The average molecular weight is 435 g/mol. The van der Waals surface area contributed by atoms with Gasteiger partial charge in [0.15, 0.2) is 5.82 Å². The van der Waals surface area contributed by atoms with Gasteiger partial charge in [-0.2, -0.15) is 0 Å². The number of halogens is 1. The summed E-state index contributed by atoms with van der Waals surface area (Å²) in [5.41, 5.74) is 6.57. The molecule has 4 heterocycles. The highest BCUT2D eigenvalue weighted by molar-refractivity contribution is 5.97. The summed E-state index contributed by atoms with van der Waals surface area (Å²) in [7, 11) is 0. The topological polar surface area (TPSA) is 85.2 Å². The molecule has 6 aromatic rings. The summed E-state index contributed by atoms with van der Waals surface area (Å²) < 4.78 is 16.5. The molecule has 0 unspecified atom stereocenters. The van der Waals surface area contributed by atoms with E-state index in [-0.39, 0.29) is 5.82 Å². The first kappa shape index (κ1) is 19.2. The lowest BCUT2D eigenvalue weighted by Crippen LogP contribution is -2.00. The van der Waals surface area contributed by atoms with Crippen molar-refractivity contribution >= 4 is 21.9 Å². The summed E-state index contributed by atoms with van der Waals surface area (Å²) in [6.45, 7) is 3.90. The van der Waals surface area contributed by atoms with Crippen molar-refractivity contribution in [2.45, 2.75) is 13.8 Å². The van der Waals surface area contributed by atoms with Gasteiger partial charge in [0.05, 0.1) is 11.2 Å². The molecule has 0 saturated carbocycles. The summed E-state index contributed by atoms with van der Waals surface area (Å²) in [6, 6.07) is 15.0. The fourth-order valence-corrected chi connectivity index (χ4v) is 4.33. The molecule has 7 nitrogen and oxygen atoms in total. The van der Waals surface area contributed by atoms with Crippen molar-refractivity contribution < 1.29 is 4.39 Å². The van der Waals surface area contributed by atoms with Gasteiger partial charge in [0.1, 0.15) is 29.0 Å². The second-order valence-corrected chi connectivity index (χ2v) is 7.88. The van der Waals surface area contributed by atoms with Crippen molar-refractivity contribution in [3.8, 4) is 28.2 Å². The zero-order valence-electron chi connectivity index (χ0n) is 17.9. The van der Waals surface area contributed by atoms with E-state index in [1.807, 2.05) is 42.7 Å². The van der Waals surface area contributed by atoms with Gasteiger partial charge in [0.25, 0.3) is 0 Å². The predicted octanol–water partition coefficient (Wildman–Crippen LogP) is 5.18. The quantitative estimate of drug-likeness (QED) is 0.414. The van der Waals surface area contributed by atoms with Crippen molar-refractivity contribution in [1.29, 1.82) is 0 Å². The highest BCUT2D eigenvalue weighted by Gasteiger charge is 2.19. The molecule has 0 radical (unpaired) electrons. The summed E-state index contributed by atoms with van der Waals surface area (Å²) in [5.74, 6) is 1.04. The summed E-state index contributed by atoms with van der Waals surface area (Å²) in [4.78, 5) is 16.6. The maximum absolute atomic E-state index is 14.5. The molecule has 0 bridgehead atoms. The Hall–Kier alpha value is -4.46. The smallest absolute Gasteiger partial charge is 0.163 e. The molecule has 0 atom stereocenters. The maximum Gasteiger partial charge on any atom is 0.163 e. The predicted molar refractivity (Wildman–Crippen MR) is 124 cm³/mol. The van der Waals surface area contributed by atoms with Crippen LogP contribution in [0.25, 0.3) is 50.1 Å². The highest BCUT2D eigenvalue weighted by atomic mass is 19.1. The van der Waals surface area contributed by atoms with Crippen LogP contribution in [0.3, 0.4) is 0 Å². The minimum Gasteiger partial charge on any atom is -0.327 e. The number of benzene rings is 2. The lowest BCUT2D eigenvalue weighted by atomic mass is 10.0. The number of nitrogens with one attached hydrogen (secondary N) is 1. The zero-order valence-corrected chi connectivity index (χ0v) is 17.9. The van der Waals surface area contributed by atoms with Crippen LogP contribution in [-0.4, -0.2) is 34.7 Å². The molecular weight excluding hydrogens is 417 g/mol. The molecule has 160 valence electrons. The monoisotopic (exact) mass is 435 g/mol. The molecule has 4 aromatic heterocycles. The van der Waals surface area contributed by atoms with Crippen LogP contribution >= 0.6 is 0 Å². The van der Waals surface area contributed by atoms with E-state index < -0.39 is 0 Å². The minimum absolute atomic E-state index is 0.327. The number of hydrogen-bond acceptors (Lipinski definition) is 5. The first-order valence-electron chi connectivity index (χ1n) is 10.5. The van der Waals surface area contributed by atoms with Crippen LogP contribution in [0.5, 0.6) is 0 Å². The Morgan fingerprint density at radius 1 is 0.909 bits per heavy atom. The number of H-pyrrole nitrogens is 1. The first-order valence-corrected chi connectivity index (χ1v) is 10.5. The van der Waals surface area contributed by atoms with Crippen molar-refractivity contribution in [2.24, 2.45) is 0 Å². The first-order chi connectivity index (χ1) is 16.1. The molecule has 0 amide bonds. The molecule has 0 fully saturated rings. The van der Waals surface area contributed by atoms with Gasteiger partial charge in [0.2, 0.25) is 0 Å². The van der Waals surface area contributed by atoms with Crippen LogP contribution in [0.1, 0.15) is 11.5 Å². The van der Waals surface area contributed by atoms with Gasteiger partial charge < -0.3 is 4.98 Å². The number of pyridine rings is 2. The van der Waals surface area contributed by atoms with Gasteiger partial charge in [0, 0.05) is 29.0 Å². The largest absolute Gasteiger partial charge is 0.327 e. The van der Waals surface area contributed by atoms with Crippen molar-refractivity contribution in [3.63, 3.8) is 0 Å². The second kappa shape index (κ2) is 7.30. The SMILES string of the molecule is Cc1cc(-c2cc(-c3nnc[nH]3)c3nc(C)n(-c4ccnc5c(F)cccc45)c3c2)ccn1.